The Labute approximate surface area is 377 Å². The fraction of sp³-hybridized carbons (Fsp3) is 0.304. The van der Waals surface area contributed by atoms with E-state index in [4.69, 9.17) is 0 Å². The molecule has 2 aliphatic rings. The number of thiophene rings is 2. The molecule has 0 amide bonds. The lowest BCUT2D eigenvalue weighted by molar-refractivity contribution is -0.275. The average molecular weight is 975 g/mol. The summed E-state index contributed by atoms with van der Waals surface area (Å²) in [7, 11) is 0. The summed E-state index contributed by atoms with van der Waals surface area (Å²) in [5, 5.41) is 23.3. The third-order valence-electron chi connectivity index (χ3n) is 11.0. The Balaban J connectivity index is 0.000000196. The first-order chi connectivity index (χ1) is 31.1. The molecule has 4 atom stereocenters. The molecule has 4 aromatic carbocycles. The number of nitrogens with zero attached hydrogens (tertiary/aromatic N) is 2. The summed E-state index contributed by atoms with van der Waals surface area (Å²) >= 11 is 2.85. The first kappa shape index (κ1) is 48.5. The highest BCUT2D eigenvalue weighted by molar-refractivity contribution is 7.10. The van der Waals surface area contributed by atoms with E-state index in [0.29, 0.717) is 70.4 Å². The molecule has 0 saturated heterocycles. The maximum Gasteiger partial charge on any atom is 0.573 e. The molecule has 8 rings (SSSR count). The van der Waals surface area contributed by atoms with Crippen LogP contribution in [0.1, 0.15) is 45.8 Å². The predicted octanol–water partition coefficient (Wildman–Crippen LogP) is 13.5. The van der Waals surface area contributed by atoms with E-state index >= 15 is 0 Å². The van der Waals surface area contributed by atoms with E-state index in [2.05, 4.69) is 9.47 Å². The molecule has 2 aliphatic heterocycles. The summed E-state index contributed by atoms with van der Waals surface area (Å²) in [6, 6.07) is 27.7. The van der Waals surface area contributed by atoms with Crippen LogP contribution in [0.25, 0.3) is 22.3 Å². The van der Waals surface area contributed by atoms with E-state index in [1.807, 2.05) is 35.0 Å². The molecule has 0 aliphatic carbocycles. The highest BCUT2D eigenvalue weighted by Gasteiger charge is 2.43. The number of hydrogen-bond acceptors (Lipinski definition) is 8. The normalized spacial score (nSPS) is 17.5. The van der Waals surface area contributed by atoms with Crippen LogP contribution in [0.3, 0.4) is 0 Å². The van der Waals surface area contributed by atoms with Gasteiger partial charge in [0, 0.05) is 21.1 Å². The molecule has 6 nitrogen and oxygen atoms in total. The molecular weight excluding hydrogens is 937 g/mol. The molecule has 0 radical (unpaired) electrons. The minimum atomic E-state index is -4.84. The van der Waals surface area contributed by atoms with Gasteiger partial charge in [0.1, 0.15) is 11.5 Å². The van der Waals surface area contributed by atoms with Gasteiger partial charge in [0.2, 0.25) is 0 Å². The van der Waals surface area contributed by atoms with Gasteiger partial charge in [-0.15, -0.1) is 49.0 Å². The molecular formula is C46H38F12N2O4S2. The number of anilines is 2. The number of aliphatic hydroxyl groups is 2. The number of aliphatic hydroxyl groups excluding tert-OH is 2. The van der Waals surface area contributed by atoms with Gasteiger partial charge < -0.3 is 29.5 Å². The van der Waals surface area contributed by atoms with Crippen molar-refractivity contribution >= 4 is 34.0 Å². The van der Waals surface area contributed by atoms with Gasteiger partial charge in [0.05, 0.1) is 25.2 Å². The SMILES string of the molecule is OC(CN1c2cccc(-c3cccc(OC(F)(F)F)c3)c2CCC1c1cccs1)C(F)(F)F.OC(CN1c2cccc(-c3cccc(OC(F)(F)F)c3)c2CCC1c1cccs1)C(F)(F)F. The van der Waals surface area contributed by atoms with Gasteiger partial charge in [-0.1, -0.05) is 60.7 Å². The Kier molecular flexibility index (Phi) is 14.3. The van der Waals surface area contributed by atoms with Crippen LogP contribution in [-0.2, 0) is 12.8 Å². The second-order valence-corrected chi connectivity index (χ2v) is 17.3. The Hall–Kier alpha value is -5.44. The third kappa shape index (κ3) is 11.7. The largest absolute Gasteiger partial charge is 0.573 e. The number of halogens is 12. The fourth-order valence-electron chi connectivity index (χ4n) is 8.27. The van der Waals surface area contributed by atoms with Gasteiger partial charge in [-0.2, -0.15) is 26.3 Å². The van der Waals surface area contributed by atoms with E-state index in [-0.39, 0.29) is 23.6 Å². The number of β-amino-alcohol motifs (C(OH)–C–C–N with tert-alkyl or cyclic N) is 2. The van der Waals surface area contributed by atoms with Crippen LogP contribution in [0.15, 0.2) is 120 Å². The lowest BCUT2D eigenvalue weighted by Crippen LogP contribution is -2.44. The van der Waals surface area contributed by atoms with Crippen LogP contribution >= 0.6 is 22.7 Å². The molecule has 66 heavy (non-hydrogen) atoms. The smallest absolute Gasteiger partial charge is 0.406 e. The van der Waals surface area contributed by atoms with Gasteiger partial charge in [0.25, 0.3) is 0 Å². The number of benzene rings is 4. The standard InChI is InChI=1S/2C23H19F6NO2S/c2*24-22(25,26)21(31)13-30-18-7-2-6-16(14-4-1-5-15(12-14)32-23(27,28)29)17(18)9-10-19(30)20-8-3-11-33-20/h2*1-8,11-12,19,21,31H,9-10,13H2. The van der Waals surface area contributed by atoms with Crippen LogP contribution < -0.4 is 19.3 Å². The van der Waals surface area contributed by atoms with Crippen molar-refractivity contribution in [1.82, 2.24) is 0 Å². The van der Waals surface area contributed by atoms with Gasteiger partial charge in [-0.25, -0.2) is 0 Å². The highest BCUT2D eigenvalue weighted by Crippen LogP contribution is 2.47. The van der Waals surface area contributed by atoms with Gasteiger partial charge in [-0.3, -0.25) is 0 Å². The number of fused-ring (bicyclic) bond motifs is 2. The predicted molar refractivity (Wildman–Crippen MR) is 227 cm³/mol. The Morgan fingerprint density at radius 2 is 0.894 bits per heavy atom. The van der Waals surface area contributed by atoms with Crippen LogP contribution in [0.5, 0.6) is 11.5 Å². The van der Waals surface area contributed by atoms with E-state index in [9.17, 15) is 62.9 Å². The van der Waals surface area contributed by atoms with Crippen LogP contribution in [0.4, 0.5) is 64.1 Å². The first-order valence-corrected chi connectivity index (χ1v) is 21.9. The Morgan fingerprint density at radius 1 is 0.515 bits per heavy atom. The average Bonchev–Trinajstić information content (AvgIpc) is 3.98. The molecule has 2 N–H and O–H groups in total. The van der Waals surface area contributed by atoms with Crippen LogP contribution in [-0.4, -0.2) is 60.6 Å². The van der Waals surface area contributed by atoms with E-state index in [0.717, 1.165) is 9.75 Å². The zero-order valence-corrected chi connectivity index (χ0v) is 35.7. The van der Waals surface area contributed by atoms with Gasteiger partial charge in [0.15, 0.2) is 12.2 Å². The zero-order valence-electron chi connectivity index (χ0n) is 34.1. The lowest BCUT2D eigenvalue weighted by Gasteiger charge is -2.40. The van der Waals surface area contributed by atoms with Crippen molar-refractivity contribution in [2.45, 2.75) is 75.1 Å². The van der Waals surface area contributed by atoms with Crippen molar-refractivity contribution in [2.24, 2.45) is 0 Å². The fourth-order valence-corrected chi connectivity index (χ4v) is 10.0. The van der Waals surface area contributed by atoms with E-state index < -0.39 is 50.4 Å². The molecule has 4 heterocycles. The van der Waals surface area contributed by atoms with Crippen molar-refractivity contribution in [2.75, 3.05) is 22.9 Å². The second kappa shape index (κ2) is 19.4. The maximum atomic E-state index is 13.2. The topological polar surface area (TPSA) is 65.4 Å². The molecule has 0 bridgehead atoms. The van der Waals surface area contributed by atoms with Gasteiger partial charge in [-0.05, 0) is 118 Å². The molecule has 2 aromatic heterocycles. The quantitative estimate of drug-likeness (QED) is 0.133. The number of rotatable bonds is 10. The summed E-state index contributed by atoms with van der Waals surface area (Å²) in [6.45, 7) is -1.31. The summed E-state index contributed by atoms with van der Waals surface area (Å²) in [5.74, 6) is -0.761. The first-order valence-electron chi connectivity index (χ1n) is 20.1. The number of ether oxygens (including phenoxy) is 2. The molecule has 352 valence electrons. The van der Waals surface area contributed by atoms with Crippen LogP contribution in [0, 0.1) is 0 Å². The highest BCUT2D eigenvalue weighted by atomic mass is 32.1. The van der Waals surface area contributed by atoms with Crippen molar-refractivity contribution in [1.29, 1.82) is 0 Å². The molecule has 4 unspecified atom stereocenters. The summed E-state index contributed by atoms with van der Waals surface area (Å²) < 4.78 is 163. The van der Waals surface area contributed by atoms with Crippen molar-refractivity contribution in [3.05, 3.63) is 141 Å². The third-order valence-corrected chi connectivity index (χ3v) is 13.0. The summed E-state index contributed by atoms with van der Waals surface area (Å²) in [6.07, 6.45) is -22.3. The van der Waals surface area contributed by atoms with E-state index in [1.165, 1.54) is 59.1 Å². The molecule has 20 heteroatoms. The van der Waals surface area contributed by atoms with Crippen molar-refractivity contribution < 1.29 is 72.4 Å². The molecule has 0 spiro atoms. The minimum absolute atomic E-state index is 0.357. The Morgan fingerprint density at radius 3 is 1.23 bits per heavy atom. The number of alkyl halides is 12. The molecule has 0 saturated carbocycles. The Bertz CT molecular complexity index is 2370. The van der Waals surface area contributed by atoms with E-state index in [1.54, 1.807) is 58.3 Å². The minimum Gasteiger partial charge on any atom is -0.406 e. The van der Waals surface area contributed by atoms with Crippen molar-refractivity contribution in [3.8, 4) is 33.8 Å². The molecule has 6 aromatic rings. The molecule has 0 fully saturated rings. The summed E-state index contributed by atoms with van der Waals surface area (Å²) in [5.41, 5.74) is 4.59. The van der Waals surface area contributed by atoms with Crippen molar-refractivity contribution in [3.63, 3.8) is 0 Å². The number of hydrogen-bond donors (Lipinski definition) is 2. The second-order valence-electron chi connectivity index (χ2n) is 15.3. The summed E-state index contributed by atoms with van der Waals surface area (Å²) in [4.78, 5) is 4.84. The van der Waals surface area contributed by atoms with Gasteiger partial charge >= 0.3 is 25.1 Å². The lowest BCUT2D eigenvalue weighted by atomic mass is 9.88. The zero-order chi connectivity index (χ0) is 47.6. The van der Waals surface area contributed by atoms with Crippen LogP contribution in [0.2, 0.25) is 0 Å². The monoisotopic (exact) mass is 974 g/mol. The maximum absolute atomic E-state index is 13.2.